The number of sulfonamides is 1. The third-order valence-electron chi connectivity index (χ3n) is 4.52. The van der Waals surface area contributed by atoms with Gasteiger partial charge in [0.2, 0.25) is 15.9 Å². The molecule has 0 radical (unpaired) electrons. The largest absolute Gasteiger partial charge is 0.495 e. The lowest BCUT2D eigenvalue weighted by atomic mass is 10.1. The van der Waals surface area contributed by atoms with Crippen LogP contribution >= 0.6 is 11.6 Å². The van der Waals surface area contributed by atoms with Gasteiger partial charge in [0.25, 0.3) is 0 Å². The molecule has 0 aliphatic rings. The first-order valence-electron chi connectivity index (χ1n) is 9.35. The van der Waals surface area contributed by atoms with E-state index in [1.165, 1.54) is 25.3 Å². The topological polar surface area (TPSA) is 84.5 Å². The van der Waals surface area contributed by atoms with Gasteiger partial charge in [0.1, 0.15) is 23.4 Å². The molecule has 3 aromatic carbocycles. The molecule has 1 atom stereocenters. The Morgan fingerprint density at radius 2 is 1.78 bits per heavy atom. The van der Waals surface area contributed by atoms with Crippen LogP contribution in [0.15, 0.2) is 71.6 Å². The van der Waals surface area contributed by atoms with Gasteiger partial charge >= 0.3 is 0 Å². The van der Waals surface area contributed by atoms with E-state index in [-0.39, 0.29) is 22.1 Å². The van der Waals surface area contributed by atoms with E-state index in [9.17, 15) is 22.0 Å². The van der Waals surface area contributed by atoms with Crippen LogP contribution in [0.4, 0.5) is 14.5 Å². The second kappa shape index (κ2) is 10.1. The second-order valence-corrected chi connectivity index (χ2v) is 8.89. The summed E-state index contributed by atoms with van der Waals surface area (Å²) >= 11 is 6.03. The van der Waals surface area contributed by atoms with Crippen molar-refractivity contribution in [2.24, 2.45) is 0 Å². The van der Waals surface area contributed by atoms with Crippen molar-refractivity contribution in [2.45, 2.75) is 17.4 Å². The van der Waals surface area contributed by atoms with Crippen LogP contribution in [0, 0.1) is 11.6 Å². The van der Waals surface area contributed by atoms with Crippen LogP contribution in [0.25, 0.3) is 0 Å². The molecule has 3 aromatic rings. The summed E-state index contributed by atoms with van der Waals surface area (Å²) in [4.78, 5) is 12.7. The molecule has 0 heterocycles. The summed E-state index contributed by atoms with van der Waals surface area (Å²) in [6, 6.07) is 13.7. The quantitative estimate of drug-likeness (QED) is 0.507. The van der Waals surface area contributed by atoms with E-state index in [1.54, 1.807) is 30.3 Å². The monoisotopic (exact) mass is 480 g/mol. The number of amides is 1. The van der Waals surface area contributed by atoms with Crippen molar-refractivity contribution < 1.29 is 26.7 Å². The Labute approximate surface area is 189 Å². The highest BCUT2D eigenvalue weighted by molar-refractivity contribution is 7.89. The van der Waals surface area contributed by atoms with E-state index in [0.717, 1.165) is 18.2 Å². The van der Waals surface area contributed by atoms with Gasteiger partial charge in [-0.15, -0.1) is 0 Å². The van der Waals surface area contributed by atoms with Crippen molar-refractivity contribution in [3.05, 3.63) is 89.0 Å². The van der Waals surface area contributed by atoms with Gasteiger partial charge in [0.05, 0.1) is 22.7 Å². The van der Waals surface area contributed by atoms with E-state index >= 15 is 0 Å². The number of methoxy groups -OCH3 is 1. The Kier molecular flexibility index (Phi) is 7.44. The standard InChI is InChI=1S/C22H19ClF2N2O4S/c1-31-21-10-8-16(13-17(21)23)32(29,30)27-20(11-14-5-3-2-4-6-14)22(28)26-19-12-15(24)7-9-18(19)25/h2-10,12-13,20,27H,11H2,1H3,(H,26,28). The van der Waals surface area contributed by atoms with Crippen LogP contribution in [0.3, 0.4) is 0 Å². The van der Waals surface area contributed by atoms with E-state index in [4.69, 9.17) is 16.3 Å². The summed E-state index contributed by atoms with van der Waals surface area (Å²) in [5.41, 5.74) is 0.252. The molecule has 0 spiro atoms. The highest BCUT2D eigenvalue weighted by Crippen LogP contribution is 2.27. The molecule has 0 saturated heterocycles. The average molecular weight is 481 g/mol. The lowest BCUT2D eigenvalue weighted by molar-refractivity contribution is -0.117. The Morgan fingerprint density at radius 1 is 1.06 bits per heavy atom. The maximum absolute atomic E-state index is 14.0. The normalized spacial score (nSPS) is 12.2. The van der Waals surface area contributed by atoms with Gasteiger partial charge in [0, 0.05) is 6.07 Å². The molecule has 0 saturated carbocycles. The van der Waals surface area contributed by atoms with Crippen molar-refractivity contribution in [2.75, 3.05) is 12.4 Å². The molecule has 10 heteroatoms. The lowest BCUT2D eigenvalue weighted by Gasteiger charge is -2.19. The molecule has 6 nitrogen and oxygen atoms in total. The molecule has 0 aromatic heterocycles. The number of halogens is 3. The molecule has 168 valence electrons. The zero-order chi connectivity index (χ0) is 23.3. The van der Waals surface area contributed by atoms with E-state index in [0.29, 0.717) is 5.56 Å². The number of hydrogen-bond donors (Lipinski definition) is 2. The van der Waals surface area contributed by atoms with Crippen LogP contribution < -0.4 is 14.8 Å². The highest BCUT2D eigenvalue weighted by Gasteiger charge is 2.27. The molecular weight excluding hydrogens is 462 g/mol. The summed E-state index contributed by atoms with van der Waals surface area (Å²) in [6.07, 6.45) is -0.0350. The number of hydrogen-bond acceptors (Lipinski definition) is 4. The minimum atomic E-state index is -4.20. The Bertz CT molecular complexity index is 1220. The summed E-state index contributed by atoms with van der Waals surface area (Å²) in [6.45, 7) is 0. The third kappa shape index (κ3) is 5.82. The first kappa shape index (κ1) is 23.6. The molecule has 1 unspecified atom stereocenters. The number of carbonyl (C=O) groups is 1. The molecule has 0 aliphatic carbocycles. The van der Waals surface area contributed by atoms with Gasteiger partial charge < -0.3 is 10.1 Å². The van der Waals surface area contributed by atoms with Crippen LogP contribution in [0.1, 0.15) is 5.56 Å². The summed E-state index contributed by atoms with van der Waals surface area (Å²) in [5.74, 6) is -2.19. The lowest BCUT2D eigenvalue weighted by Crippen LogP contribution is -2.45. The fraction of sp³-hybridized carbons (Fsp3) is 0.136. The zero-order valence-electron chi connectivity index (χ0n) is 16.8. The fourth-order valence-electron chi connectivity index (χ4n) is 2.92. The molecule has 2 N–H and O–H groups in total. The van der Waals surface area contributed by atoms with Crippen molar-refractivity contribution in [1.82, 2.24) is 4.72 Å². The van der Waals surface area contributed by atoms with E-state index < -0.39 is 39.3 Å². The van der Waals surface area contributed by atoms with Gasteiger partial charge in [0.15, 0.2) is 0 Å². The minimum Gasteiger partial charge on any atom is -0.495 e. The number of carbonyl (C=O) groups excluding carboxylic acids is 1. The highest BCUT2D eigenvalue weighted by atomic mass is 35.5. The predicted octanol–water partition coefficient (Wildman–Crippen LogP) is 4.16. The van der Waals surface area contributed by atoms with Crippen LogP contribution in [-0.2, 0) is 21.2 Å². The van der Waals surface area contributed by atoms with E-state index in [1.807, 2.05) is 0 Å². The van der Waals surface area contributed by atoms with Crippen molar-refractivity contribution in [3.8, 4) is 5.75 Å². The molecule has 0 fully saturated rings. The van der Waals surface area contributed by atoms with Crippen LogP contribution in [0.2, 0.25) is 5.02 Å². The number of anilines is 1. The summed E-state index contributed by atoms with van der Waals surface area (Å²) in [5, 5.41) is 2.32. The predicted molar refractivity (Wildman–Crippen MR) is 117 cm³/mol. The Hall–Kier alpha value is -3.01. The summed E-state index contributed by atoms with van der Waals surface area (Å²) < 4.78 is 60.7. The number of rotatable bonds is 8. The molecule has 0 aliphatic heterocycles. The van der Waals surface area contributed by atoms with Crippen LogP contribution in [-0.4, -0.2) is 27.5 Å². The molecule has 3 rings (SSSR count). The maximum Gasteiger partial charge on any atom is 0.242 e. The van der Waals surface area contributed by atoms with Crippen LogP contribution in [0.5, 0.6) is 5.75 Å². The van der Waals surface area contributed by atoms with Gasteiger partial charge in [-0.25, -0.2) is 17.2 Å². The fourth-order valence-corrected chi connectivity index (χ4v) is 4.46. The molecule has 1 amide bonds. The van der Waals surface area contributed by atoms with Gasteiger partial charge in [-0.2, -0.15) is 4.72 Å². The van der Waals surface area contributed by atoms with Gasteiger partial charge in [-0.1, -0.05) is 41.9 Å². The second-order valence-electron chi connectivity index (χ2n) is 6.77. The molecule has 32 heavy (non-hydrogen) atoms. The molecular formula is C22H19ClF2N2O4S. The number of nitrogens with one attached hydrogen (secondary N) is 2. The third-order valence-corrected chi connectivity index (χ3v) is 6.28. The van der Waals surface area contributed by atoms with Gasteiger partial charge in [-0.3, -0.25) is 4.79 Å². The zero-order valence-corrected chi connectivity index (χ0v) is 18.4. The SMILES string of the molecule is COc1ccc(S(=O)(=O)NC(Cc2ccccc2)C(=O)Nc2cc(F)ccc2F)cc1Cl. The number of benzene rings is 3. The molecule has 0 bridgehead atoms. The minimum absolute atomic E-state index is 0.0350. The van der Waals surface area contributed by atoms with Crippen molar-refractivity contribution >= 4 is 33.2 Å². The number of ether oxygens (including phenoxy) is 1. The summed E-state index contributed by atoms with van der Waals surface area (Å²) in [7, 11) is -2.81. The van der Waals surface area contributed by atoms with Crippen molar-refractivity contribution in [3.63, 3.8) is 0 Å². The first-order chi connectivity index (χ1) is 15.2. The maximum atomic E-state index is 14.0. The van der Waals surface area contributed by atoms with E-state index in [2.05, 4.69) is 10.0 Å². The smallest absolute Gasteiger partial charge is 0.242 e. The van der Waals surface area contributed by atoms with Gasteiger partial charge in [-0.05, 0) is 42.3 Å². The average Bonchev–Trinajstić information content (AvgIpc) is 2.76. The van der Waals surface area contributed by atoms with Crippen molar-refractivity contribution in [1.29, 1.82) is 0 Å². The first-order valence-corrected chi connectivity index (χ1v) is 11.2. The Morgan fingerprint density at radius 3 is 2.44 bits per heavy atom. The Balaban J connectivity index is 1.90.